The number of benzene rings is 2. The second kappa shape index (κ2) is 13.7. The lowest BCUT2D eigenvalue weighted by Gasteiger charge is -2.30. The van der Waals surface area contributed by atoms with Crippen LogP contribution in [-0.4, -0.2) is 36.0 Å². The smallest absolute Gasteiger partial charge is 0.296 e. The number of alkyl halides is 4. The van der Waals surface area contributed by atoms with Crippen LogP contribution in [0, 0.1) is 29.2 Å². The van der Waals surface area contributed by atoms with Gasteiger partial charge >= 0.3 is 0 Å². The number of Topliss-reactive ketones (excluding diaryl/α,β-unsaturated/α-hetero) is 1. The molecule has 198 valence electrons. The van der Waals surface area contributed by atoms with Crippen molar-refractivity contribution in [2.45, 2.75) is 39.5 Å². The predicted molar refractivity (Wildman–Crippen MR) is 115 cm³/mol. The molecule has 0 fully saturated rings. The minimum absolute atomic E-state index is 0.0552. The largest absolute Gasteiger partial charge is 0.400 e. The number of nitrogens with zero attached hydrogens (tertiary/aromatic N) is 2. The van der Waals surface area contributed by atoms with Gasteiger partial charge in [-0.25, -0.2) is 40.1 Å². The van der Waals surface area contributed by atoms with Crippen molar-refractivity contribution in [3.8, 4) is 0 Å². The second-order valence-electron chi connectivity index (χ2n) is 6.74. The summed E-state index contributed by atoms with van der Waals surface area (Å²) in [5, 5.41) is 11.3. The van der Waals surface area contributed by atoms with Gasteiger partial charge in [0.05, 0.1) is 22.5 Å². The summed E-state index contributed by atoms with van der Waals surface area (Å²) >= 11 is 0. The highest BCUT2D eigenvalue weighted by atomic mass is 19.3. The van der Waals surface area contributed by atoms with Crippen LogP contribution in [0.25, 0.3) is 0 Å². The number of hydrazone groups is 1. The Bertz CT molecular complexity index is 1070. The quantitative estimate of drug-likeness (QED) is 0.382. The van der Waals surface area contributed by atoms with Gasteiger partial charge in [0, 0.05) is 25.9 Å². The van der Waals surface area contributed by atoms with E-state index >= 15 is 0 Å². The fourth-order valence-electron chi connectivity index (χ4n) is 3.23. The van der Waals surface area contributed by atoms with Gasteiger partial charge in [-0.15, -0.1) is 0 Å². The van der Waals surface area contributed by atoms with Gasteiger partial charge in [0.25, 0.3) is 12.9 Å². The third kappa shape index (κ3) is 6.45. The highest BCUT2D eigenvalue weighted by Gasteiger charge is 2.39. The molecule has 0 saturated heterocycles. The molecular formula is C23H22F8N2O3. The Morgan fingerprint density at radius 3 is 1.92 bits per heavy atom. The van der Waals surface area contributed by atoms with Crippen molar-refractivity contribution in [1.82, 2.24) is 0 Å². The zero-order valence-corrected chi connectivity index (χ0v) is 19.2. The van der Waals surface area contributed by atoms with Crippen molar-refractivity contribution < 1.29 is 49.8 Å². The molecule has 3 rings (SSSR count). The van der Waals surface area contributed by atoms with Crippen LogP contribution in [0.4, 0.5) is 40.8 Å². The molecule has 5 nitrogen and oxygen atoms in total. The molecule has 1 aliphatic rings. The number of carbonyl (C=O) groups excluding carboxylic acids is 2. The Morgan fingerprint density at radius 2 is 1.47 bits per heavy atom. The highest BCUT2D eigenvalue weighted by molar-refractivity contribution is 6.11. The summed E-state index contributed by atoms with van der Waals surface area (Å²) in [6.45, 7) is 4.00. The van der Waals surface area contributed by atoms with Crippen molar-refractivity contribution in [3.05, 3.63) is 64.7 Å². The van der Waals surface area contributed by atoms with E-state index in [-0.39, 0.29) is 5.69 Å². The van der Waals surface area contributed by atoms with Gasteiger partial charge in [-0.1, -0.05) is 32.0 Å². The van der Waals surface area contributed by atoms with E-state index in [4.69, 9.17) is 5.11 Å². The molecule has 1 aliphatic heterocycles. The molecule has 0 spiro atoms. The Balaban J connectivity index is 0.00000154. The number of para-hydroxylation sites is 1. The Labute approximate surface area is 201 Å². The molecule has 0 saturated carbocycles. The molecule has 13 heteroatoms. The number of amides is 1. The lowest BCUT2D eigenvalue weighted by Crippen LogP contribution is -2.39. The molecule has 36 heavy (non-hydrogen) atoms. The van der Waals surface area contributed by atoms with Crippen molar-refractivity contribution in [1.29, 1.82) is 0 Å². The van der Waals surface area contributed by atoms with Crippen molar-refractivity contribution in [2.24, 2.45) is 11.0 Å². The van der Waals surface area contributed by atoms with Crippen LogP contribution in [0.1, 0.15) is 44.2 Å². The number of aliphatic hydroxyl groups excluding tert-OH is 1. The van der Waals surface area contributed by atoms with Gasteiger partial charge in [0.15, 0.2) is 29.1 Å². The first-order chi connectivity index (χ1) is 17.0. The maximum absolute atomic E-state index is 14.6. The van der Waals surface area contributed by atoms with E-state index in [0.717, 1.165) is 7.11 Å². The predicted octanol–water partition coefficient (Wildman–Crippen LogP) is 5.80. The highest BCUT2D eigenvalue weighted by Crippen LogP contribution is 2.35. The Kier molecular flexibility index (Phi) is 11.6. The van der Waals surface area contributed by atoms with E-state index in [2.05, 4.69) is 5.10 Å². The molecule has 1 atom stereocenters. The number of carbonyl (C=O) groups is 2. The molecule has 1 unspecified atom stereocenters. The molecule has 0 radical (unpaired) electrons. The summed E-state index contributed by atoms with van der Waals surface area (Å²) in [5.74, 6) is -13.6. The van der Waals surface area contributed by atoms with Crippen LogP contribution < -0.4 is 5.01 Å². The number of ketones is 1. The molecule has 0 aliphatic carbocycles. The van der Waals surface area contributed by atoms with E-state index < -0.39 is 83.4 Å². The lowest BCUT2D eigenvalue weighted by molar-refractivity contribution is -0.130. The number of rotatable bonds is 6. The average molecular weight is 526 g/mol. The van der Waals surface area contributed by atoms with Gasteiger partial charge in [-0.3, -0.25) is 9.59 Å². The van der Waals surface area contributed by atoms with E-state index in [0.29, 0.717) is 5.01 Å². The summed E-state index contributed by atoms with van der Waals surface area (Å²) in [7, 11) is 1.00. The van der Waals surface area contributed by atoms with Crippen molar-refractivity contribution in [2.75, 3.05) is 12.1 Å². The minimum Gasteiger partial charge on any atom is -0.400 e. The standard InChI is InChI=1S/C20H12F8N2O2.C2H6.CH4O/c21-14-12(15(22)17(24)13(16(14)23)20(27)28)18-8(6-10(31)19(25)26)7-11(32)30(29-18)9-4-2-1-3-5-9;2*1-2/h1-5,8,19-20H,6-7H2;1-2H3;2H,1H3. The van der Waals surface area contributed by atoms with Crippen LogP contribution in [-0.2, 0) is 9.59 Å². The number of hydrogen-bond donors (Lipinski definition) is 1. The fraction of sp³-hybridized carbons (Fsp3) is 0.348. The first-order valence-electron chi connectivity index (χ1n) is 10.4. The zero-order valence-electron chi connectivity index (χ0n) is 19.2. The second-order valence-corrected chi connectivity index (χ2v) is 6.74. The van der Waals surface area contributed by atoms with Crippen molar-refractivity contribution >= 4 is 23.1 Å². The normalized spacial score (nSPS) is 15.2. The third-order valence-corrected chi connectivity index (χ3v) is 4.72. The van der Waals surface area contributed by atoms with Gasteiger partial charge in [0.1, 0.15) is 0 Å². The van der Waals surface area contributed by atoms with Gasteiger partial charge in [-0.2, -0.15) is 5.10 Å². The summed E-state index contributed by atoms with van der Waals surface area (Å²) in [5.41, 5.74) is -4.61. The molecule has 2 aromatic carbocycles. The van der Waals surface area contributed by atoms with Crippen LogP contribution in [0.3, 0.4) is 0 Å². The van der Waals surface area contributed by atoms with Crippen LogP contribution in [0.2, 0.25) is 0 Å². The fourth-order valence-corrected chi connectivity index (χ4v) is 3.23. The molecule has 2 aromatic rings. The lowest BCUT2D eigenvalue weighted by atomic mass is 9.86. The van der Waals surface area contributed by atoms with Crippen LogP contribution in [0.5, 0.6) is 0 Å². The van der Waals surface area contributed by atoms with E-state index in [9.17, 15) is 44.7 Å². The van der Waals surface area contributed by atoms with Gasteiger partial charge < -0.3 is 5.11 Å². The summed E-state index contributed by atoms with van der Waals surface area (Å²) in [4.78, 5) is 24.0. The first-order valence-corrected chi connectivity index (χ1v) is 10.4. The monoisotopic (exact) mass is 526 g/mol. The summed E-state index contributed by atoms with van der Waals surface area (Å²) in [6, 6.07) is 7.17. The van der Waals surface area contributed by atoms with Gasteiger partial charge in [0.2, 0.25) is 5.91 Å². The van der Waals surface area contributed by atoms with Crippen LogP contribution in [0.15, 0.2) is 35.4 Å². The van der Waals surface area contributed by atoms with E-state index in [1.54, 1.807) is 6.07 Å². The minimum atomic E-state index is -3.90. The number of aliphatic hydroxyl groups is 1. The molecule has 1 amide bonds. The first kappa shape index (κ1) is 30.7. The number of halogens is 8. The van der Waals surface area contributed by atoms with E-state index in [1.807, 2.05) is 13.8 Å². The average Bonchev–Trinajstić information content (AvgIpc) is 2.87. The van der Waals surface area contributed by atoms with Crippen molar-refractivity contribution in [3.63, 3.8) is 0 Å². The topological polar surface area (TPSA) is 70.0 Å². The molecular weight excluding hydrogens is 504 g/mol. The van der Waals surface area contributed by atoms with E-state index in [1.165, 1.54) is 24.3 Å². The molecule has 1 heterocycles. The SMILES string of the molecule is CC.CO.O=C(CC1CC(=O)N(c2ccccc2)N=C1c1c(F)c(F)c(C(F)F)c(F)c1F)C(F)F. The zero-order chi connectivity index (χ0) is 27.7. The molecule has 1 N–H and O–H groups in total. The van der Waals surface area contributed by atoms with Crippen LogP contribution >= 0.6 is 0 Å². The number of hydrogen-bond acceptors (Lipinski definition) is 4. The molecule has 0 bridgehead atoms. The third-order valence-electron chi connectivity index (χ3n) is 4.72. The summed E-state index contributed by atoms with van der Waals surface area (Å²) in [6.07, 6.45) is -9.31. The maximum Gasteiger partial charge on any atom is 0.296 e. The molecule has 0 aromatic heterocycles. The Morgan fingerprint density at radius 1 is 0.972 bits per heavy atom. The Hall–Kier alpha value is -3.35. The maximum atomic E-state index is 14.6. The number of anilines is 1. The summed E-state index contributed by atoms with van der Waals surface area (Å²) < 4.78 is 109. The van der Waals surface area contributed by atoms with Gasteiger partial charge in [-0.05, 0) is 12.1 Å².